The molecule has 1 unspecified atom stereocenters. The standard InChI is InChI=1S/C68H45N5S/c1-5-20-46(21-6-1)62-43-58-67(74-62)65(47-32-37-52(38-33-47)71(49-22-7-2-8-23-49)50-24-9-3-10-25-50)70-68(69-58)73-59-39-36-48(42-57(59)64-54-29-16-14-19-45(54)35-41-61(64)73)55-30-17-31-56-63-53-28-15-13-18-44(53)34-40-60(63)72(66(55)56)51-26-11-4-12-27-51/h1-43,58H,(H,69,70). The molecule has 0 bridgehead atoms. The third-order valence-electron chi connectivity index (χ3n) is 14.9. The molecule has 74 heavy (non-hydrogen) atoms. The minimum atomic E-state index is -0.0941. The predicted octanol–water partition coefficient (Wildman–Crippen LogP) is 17.7. The Balaban J connectivity index is 0.935. The quantitative estimate of drug-likeness (QED) is 0.173. The zero-order valence-corrected chi connectivity index (χ0v) is 40.9. The normalized spacial score (nSPS) is 14.5. The van der Waals surface area contributed by atoms with Crippen molar-refractivity contribution in [3.63, 3.8) is 0 Å². The highest BCUT2D eigenvalue weighted by Gasteiger charge is 2.33. The van der Waals surface area contributed by atoms with Crippen LogP contribution in [0.1, 0.15) is 11.1 Å². The Bertz CT molecular complexity index is 4420. The van der Waals surface area contributed by atoms with Crippen molar-refractivity contribution >= 4 is 111 Å². The van der Waals surface area contributed by atoms with Gasteiger partial charge in [0.15, 0.2) is 0 Å². The molecule has 0 radical (unpaired) electrons. The van der Waals surface area contributed by atoms with Crippen molar-refractivity contribution in [3.8, 4) is 16.8 Å². The van der Waals surface area contributed by atoms with E-state index >= 15 is 0 Å². The maximum Gasteiger partial charge on any atom is 0.209 e. The molecule has 1 N–H and O–H groups in total. The summed E-state index contributed by atoms with van der Waals surface area (Å²) in [5.74, 6) is 0.792. The average molecular weight is 964 g/mol. The van der Waals surface area contributed by atoms with Crippen LogP contribution in [0.4, 0.5) is 17.1 Å². The van der Waals surface area contributed by atoms with Crippen molar-refractivity contribution in [2.24, 2.45) is 4.99 Å². The Morgan fingerprint density at radius 1 is 0.419 bits per heavy atom. The highest BCUT2D eigenvalue weighted by atomic mass is 32.2. The number of benzene rings is 11. The number of para-hydroxylation sites is 4. The monoisotopic (exact) mass is 963 g/mol. The third-order valence-corrected chi connectivity index (χ3v) is 16.2. The Kier molecular flexibility index (Phi) is 9.82. The SMILES string of the molecule is C1=C(c2ccccc2)SC2=C(c3ccc(N(c4ccccc4)c4ccccc4)cc3)N=C(n3c4ccc(-c5cccc6c7c8ccccc8ccc7n(-c7ccccc7)c56)cc4c4c5ccccc5ccc43)NC12. The number of fused-ring (bicyclic) bond motifs is 11. The fourth-order valence-electron chi connectivity index (χ4n) is 11.6. The molecule has 5 nitrogen and oxygen atoms in total. The van der Waals surface area contributed by atoms with E-state index < -0.39 is 0 Å². The van der Waals surface area contributed by atoms with Crippen LogP contribution in [0.15, 0.2) is 271 Å². The largest absolute Gasteiger partial charge is 0.344 e. The van der Waals surface area contributed by atoms with Crippen LogP contribution in [0.5, 0.6) is 0 Å². The minimum absolute atomic E-state index is 0.0941. The van der Waals surface area contributed by atoms with Gasteiger partial charge in [0.2, 0.25) is 5.96 Å². The van der Waals surface area contributed by atoms with Crippen LogP contribution >= 0.6 is 11.8 Å². The van der Waals surface area contributed by atoms with Crippen LogP contribution in [0.2, 0.25) is 0 Å². The molecule has 0 aliphatic carbocycles. The second-order valence-corrected chi connectivity index (χ2v) is 20.2. The Morgan fingerprint density at radius 2 is 0.959 bits per heavy atom. The molecule has 11 aromatic carbocycles. The summed E-state index contributed by atoms with van der Waals surface area (Å²) in [5, 5.41) is 13.8. The van der Waals surface area contributed by atoms with Gasteiger partial charge in [-0.3, -0.25) is 4.57 Å². The Morgan fingerprint density at radius 3 is 1.64 bits per heavy atom. The second-order valence-electron chi connectivity index (χ2n) is 19.1. The molecular formula is C68H45N5S. The fourth-order valence-corrected chi connectivity index (χ4v) is 12.8. The summed E-state index contributed by atoms with van der Waals surface area (Å²) in [6.07, 6.45) is 2.38. The highest BCUT2D eigenvalue weighted by molar-refractivity contribution is 8.12. The number of nitrogens with one attached hydrogen (secondary N) is 1. The number of aliphatic imine (C=N–C) groups is 1. The van der Waals surface area contributed by atoms with Gasteiger partial charge in [-0.25, -0.2) is 4.99 Å². The number of anilines is 3. The number of hydrogen-bond donors (Lipinski definition) is 1. The topological polar surface area (TPSA) is 37.5 Å². The molecule has 6 heteroatoms. The van der Waals surface area contributed by atoms with E-state index in [0.717, 1.165) is 56.6 Å². The first kappa shape index (κ1) is 42.3. The lowest BCUT2D eigenvalue weighted by molar-refractivity contribution is 0.835. The first-order valence-corrected chi connectivity index (χ1v) is 26.1. The maximum atomic E-state index is 5.73. The van der Waals surface area contributed by atoms with E-state index in [4.69, 9.17) is 4.99 Å². The minimum Gasteiger partial charge on any atom is -0.344 e. The number of rotatable bonds is 7. The van der Waals surface area contributed by atoms with Crippen molar-refractivity contribution in [2.45, 2.75) is 6.04 Å². The zero-order chi connectivity index (χ0) is 48.7. The van der Waals surface area contributed by atoms with Gasteiger partial charge in [-0.2, -0.15) is 0 Å². The summed E-state index contributed by atoms with van der Waals surface area (Å²) < 4.78 is 4.83. The molecule has 13 aromatic rings. The summed E-state index contributed by atoms with van der Waals surface area (Å²) in [7, 11) is 0. The zero-order valence-electron chi connectivity index (χ0n) is 40.1. The molecule has 4 heterocycles. The molecular weight excluding hydrogens is 919 g/mol. The van der Waals surface area contributed by atoms with E-state index in [0.29, 0.717) is 0 Å². The van der Waals surface area contributed by atoms with E-state index in [2.05, 4.69) is 280 Å². The molecule has 2 aromatic heterocycles. The summed E-state index contributed by atoms with van der Waals surface area (Å²) in [6, 6.07) is 92.1. The van der Waals surface area contributed by atoms with Crippen molar-refractivity contribution in [3.05, 3.63) is 277 Å². The van der Waals surface area contributed by atoms with Crippen LogP contribution in [0.3, 0.4) is 0 Å². The Hall–Kier alpha value is -9.36. The van der Waals surface area contributed by atoms with Crippen LogP contribution in [0.25, 0.3) is 92.6 Å². The van der Waals surface area contributed by atoms with Crippen molar-refractivity contribution in [2.75, 3.05) is 4.90 Å². The smallest absolute Gasteiger partial charge is 0.209 e. The lowest BCUT2D eigenvalue weighted by Crippen LogP contribution is -2.40. The van der Waals surface area contributed by atoms with Crippen LogP contribution in [-0.4, -0.2) is 21.1 Å². The maximum absolute atomic E-state index is 5.73. The lowest BCUT2D eigenvalue weighted by Gasteiger charge is -2.27. The van der Waals surface area contributed by atoms with Crippen LogP contribution in [0, 0.1) is 0 Å². The summed E-state index contributed by atoms with van der Waals surface area (Å²) in [6.45, 7) is 0. The Labute approximate surface area is 432 Å². The summed E-state index contributed by atoms with van der Waals surface area (Å²) >= 11 is 1.81. The van der Waals surface area contributed by atoms with Crippen molar-refractivity contribution in [1.82, 2.24) is 14.5 Å². The third kappa shape index (κ3) is 6.76. The highest BCUT2D eigenvalue weighted by Crippen LogP contribution is 2.49. The molecule has 2 aliphatic heterocycles. The second kappa shape index (κ2) is 17.2. The van der Waals surface area contributed by atoms with Crippen molar-refractivity contribution < 1.29 is 0 Å². The molecule has 0 amide bonds. The predicted molar refractivity (Wildman–Crippen MR) is 314 cm³/mol. The number of thioether (sulfide) groups is 1. The molecule has 0 saturated carbocycles. The lowest BCUT2D eigenvalue weighted by atomic mass is 9.97. The van der Waals surface area contributed by atoms with Gasteiger partial charge in [-0.1, -0.05) is 194 Å². The van der Waals surface area contributed by atoms with Gasteiger partial charge in [-0.15, -0.1) is 0 Å². The molecule has 1 atom stereocenters. The van der Waals surface area contributed by atoms with E-state index in [1.165, 1.54) is 75.1 Å². The molecule has 0 spiro atoms. The first-order chi connectivity index (χ1) is 36.7. The van der Waals surface area contributed by atoms with Crippen LogP contribution < -0.4 is 10.2 Å². The summed E-state index contributed by atoms with van der Waals surface area (Å²) in [5.41, 5.74) is 14.6. The first-order valence-electron chi connectivity index (χ1n) is 25.2. The fraction of sp³-hybridized carbons (Fsp3) is 0.0147. The molecule has 0 fully saturated rings. The molecule has 0 saturated heterocycles. The van der Waals surface area contributed by atoms with Gasteiger partial charge in [-0.05, 0) is 112 Å². The van der Waals surface area contributed by atoms with E-state index in [1.807, 2.05) is 11.8 Å². The van der Waals surface area contributed by atoms with E-state index in [9.17, 15) is 0 Å². The van der Waals surface area contributed by atoms with E-state index in [-0.39, 0.29) is 6.04 Å². The number of nitrogens with zero attached hydrogens (tertiary/aromatic N) is 4. The average Bonchev–Trinajstić information content (AvgIpc) is 4.21. The molecule has 15 rings (SSSR count). The molecule has 348 valence electrons. The molecule has 2 aliphatic rings. The van der Waals surface area contributed by atoms with Gasteiger partial charge in [0.05, 0.1) is 33.8 Å². The number of hydrogen-bond acceptors (Lipinski definition) is 4. The van der Waals surface area contributed by atoms with Crippen molar-refractivity contribution in [1.29, 1.82) is 0 Å². The van der Waals surface area contributed by atoms with Crippen LogP contribution in [-0.2, 0) is 0 Å². The van der Waals surface area contributed by atoms with Gasteiger partial charge >= 0.3 is 0 Å². The van der Waals surface area contributed by atoms with Gasteiger partial charge in [0.1, 0.15) is 0 Å². The number of aromatic nitrogens is 2. The van der Waals surface area contributed by atoms with Gasteiger partial charge in [0.25, 0.3) is 0 Å². The van der Waals surface area contributed by atoms with Gasteiger partial charge < -0.3 is 14.8 Å². The summed E-state index contributed by atoms with van der Waals surface area (Å²) in [4.78, 5) is 10.4. The van der Waals surface area contributed by atoms with Gasteiger partial charge in [0, 0.05) is 65.2 Å². The van der Waals surface area contributed by atoms with E-state index in [1.54, 1.807) is 0 Å².